The van der Waals surface area contributed by atoms with Gasteiger partial charge >= 0.3 is 0 Å². The number of alkyl halides is 2. The van der Waals surface area contributed by atoms with Crippen LogP contribution in [0.2, 0.25) is 0 Å². The minimum absolute atomic E-state index is 0.108. The Kier molecular flexibility index (Phi) is 4.83. The van der Waals surface area contributed by atoms with Gasteiger partial charge in [0.15, 0.2) is 0 Å². The molecule has 20 heavy (non-hydrogen) atoms. The maximum atomic E-state index is 13.7. The minimum Gasteiger partial charge on any atom is -0.321 e. The average Bonchev–Trinajstić information content (AvgIpc) is 2.24. The van der Waals surface area contributed by atoms with Gasteiger partial charge in [0, 0.05) is 12.5 Å². The van der Waals surface area contributed by atoms with Crippen molar-refractivity contribution in [3.63, 3.8) is 0 Å². The quantitative estimate of drug-likeness (QED) is 0.872. The van der Waals surface area contributed by atoms with E-state index >= 15 is 0 Å². The first-order chi connectivity index (χ1) is 8.93. The molecular weight excluding hydrogens is 291 g/mol. The first-order valence-electron chi connectivity index (χ1n) is 5.83. The number of hydrogen-bond acceptors (Lipinski definition) is 3. The van der Waals surface area contributed by atoms with E-state index in [2.05, 4.69) is 4.36 Å². The lowest BCUT2D eigenvalue weighted by Crippen LogP contribution is -2.43. The lowest BCUT2D eigenvalue weighted by Gasteiger charge is -2.26. The zero-order valence-electron chi connectivity index (χ0n) is 11.3. The van der Waals surface area contributed by atoms with Crippen LogP contribution in [0.15, 0.2) is 28.6 Å². The molecule has 0 aliphatic heterocycles. The second-order valence-electron chi connectivity index (χ2n) is 5.09. The first-order valence-corrected chi connectivity index (χ1v) is 7.58. The summed E-state index contributed by atoms with van der Waals surface area (Å²) in [6, 6.07) is 5.69. The molecule has 2 atom stereocenters. The summed E-state index contributed by atoms with van der Waals surface area (Å²) in [4.78, 5) is 0. The van der Waals surface area contributed by atoms with Crippen molar-refractivity contribution in [3.05, 3.63) is 35.6 Å². The fourth-order valence-electron chi connectivity index (χ4n) is 1.70. The highest BCUT2D eigenvalue weighted by Crippen LogP contribution is 2.23. The van der Waals surface area contributed by atoms with E-state index in [1.54, 1.807) is 6.07 Å². The number of nitrogens with zero attached hydrogens (tertiary/aromatic N) is 1. The van der Waals surface area contributed by atoms with Crippen LogP contribution in [0.5, 0.6) is 0 Å². The number of halogens is 3. The van der Waals surface area contributed by atoms with Crippen molar-refractivity contribution in [3.8, 4) is 0 Å². The van der Waals surface area contributed by atoms with Gasteiger partial charge in [0.1, 0.15) is 22.3 Å². The molecule has 0 fully saturated rings. The topological polar surface area (TPSA) is 81.5 Å². The zero-order chi connectivity index (χ0) is 15.6. The number of rotatable bonds is 5. The summed E-state index contributed by atoms with van der Waals surface area (Å²) in [5.41, 5.74) is 4.65. The molecule has 1 rings (SSSR count). The first kappa shape index (κ1) is 16.9. The molecule has 0 saturated carbocycles. The Morgan fingerprint density at radius 3 is 2.35 bits per heavy atom. The fourth-order valence-corrected chi connectivity index (χ4v) is 3.25. The van der Waals surface area contributed by atoms with E-state index in [1.165, 1.54) is 25.1 Å². The van der Waals surface area contributed by atoms with E-state index in [1.807, 2.05) is 0 Å². The summed E-state index contributed by atoms with van der Waals surface area (Å²) in [6.07, 6.45) is 0. The van der Waals surface area contributed by atoms with Crippen LogP contribution in [0.25, 0.3) is 0 Å². The van der Waals surface area contributed by atoms with Crippen LogP contribution >= 0.6 is 0 Å². The largest absolute Gasteiger partial charge is 0.321 e. The molecule has 1 aromatic carbocycles. The molecule has 0 saturated heterocycles. The van der Waals surface area contributed by atoms with Gasteiger partial charge in [-0.2, -0.15) is 0 Å². The smallest absolute Gasteiger partial charge is 0.265 e. The Balaban J connectivity index is 3.02. The molecule has 1 aromatic rings. The summed E-state index contributed by atoms with van der Waals surface area (Å²) >= 11 is 0. The summed E-state index contributed by atoms with van der Waals surface area (Å²) < 4.78 is 54.4. The van der Waals surface area contributed by atoms with Gasteiger partial charge in [0.2, 0.25) is 0 Å². The van der Waals surface area contributed by atoms with E-state index in [0.717, 1.165) is 0 Å². The maximum absolute atomic E-state index is 13.7. The minimum atomic E-state index is -3.43. The molecule has 0 aliphatic rings. The van der Waals surface area contributed by atoms with Crippen molar-refractivity contribution in [2.24, 2.45) is 15.2 Å². The Morgan fingerprint density at radius 2 is 1.85 bits per heavy atom. The van der Waals surface area contributed by atoms with E-state index in [4.69, 9.17) is 10.9 Å². The van der Waals surface area contributed by atoms with Gasteiger partial charge in [-0.3, -0.25) is 0 Å². The number of nitrogens with two attached hydrogens (primary N) is 2. The van der Waals surface area contributed by atoms with E-state index in [-0.39, 0.29) is 5.56 Å². The molecular formula is C12H18F3N3OS. The SMILES string of the molecule is CC(F)(F)CN=S(N)(=O)C[C@](C)(N)c1ccccc1F. The van der Waals surface area contributed by atoms with Crippen molar-refractivity contribution in [1.29, 1.82) is 0 Å². The summed E-state index contributed by atoms with van der Waals surface area (Å²) in [7, 11) is -3.43. The maximum Gasteiger partial charge on any atom is 0.265 e. The standard InChI is InChI=1S/C12H18F3N3OS/c1-11(16,9-5-3-4-6-10(9)13)8-20(17,19)18-7-12(2,14)15/h3-6H,7-8,16H2,1-2H3,(H2,17,18,19)/t11-,20?/m0/s1. The third-order valence-corrected chi connectivity index (χ3v) is 4.14. The summed E-state index contributed by atoms with van der Waals surface area (Å²) in [5, 5.41) is 5.42. The molecule has 0 aliphatic carbocycles. The molecule has 0 spiro atoms. The molecule has 0 bridgehead atoms. The van der Waals surface area contributed by atoms with Gasteiger partial charge < -0.3 is 5.73 Å². The zero-order valence-corrected chi connectivity index (χ0v) is 12.1. The second-order valence-corrected chi connectivity index (χ2v) is 7.02. The van der Waals surface area contributed by atoms with E-state index in [0.29, 0.717) is 6.92 Å². The van der Waals surface area contributed by atoms with Crippen LogP contribution in [0.3, 0.4) is 0 Å². The van der Waals surface area contributed by atoms with Crippen molar-refractivity contribution in [2.75, 3.05) is 12.3 Å². The summed E-state index contributed by atoms with van der Waals surface area (Å²) in [5.74, 6) is -4.10. The molecule has 0 heterocycles. The number of hydrogen-bond donors (Lipinski definition) is 2. The van der Waals surface area contributed by atoms with E-state index in [9.17, 15) is 17.4 Å². The molecule has 1 unspecified atom stereocenters. The van der Waals surface area contributed by atoms with Gasteiger partial charge in [-0.05, 0) is 13.0 Å². The Hall–Kier alpha value is -1.12. The van der Waals surface area contributed by atoms with Gasteiger partial charge in [0.05, 0.1) is 11.3 Å². The van der Waals surface area contributed by atoms with Gasteiger partial charge in [0.25, 0.3) is 5.92 Å². The van der Waals surface area contributed by atoms with E-state index < -0.39 is 39.5 Å². The number of benzene rings is 1. The normalized spacial score (nSPS) is 18.1. The van der Waals surface area contributed by atoms with Crippen LogP contribution < -0.4 is 10.9 Å². The lowest BCUT2D eigenvalue weighted by atomic mass is 9.95. The average molecular weight is 309 g/mol. The highest BCUT2D eigenvalue weighted by Gasteiger charge is 2.29. The highest BCUT2D eigenvalue weighted by atomic mass is 32.2. The van der Waals surface area contributed by atoms with Crippen molar-refractivity contribution in [2.45, 2.75) is 25.3 Å². The van der Waals surface area contributed by atoms with Crippen molar-refractivity contribution >= 4 is 9.92 Å². The van der Waals surface area contributed by atoms with Gasteiger partial charge in [-0.15, -0.1) is 0 Å². The fraction of sp³-hybridized carbons (Fsp3) is 0.500. The molecule has 114 valence electrons. The van der Waals surface area contributed by atoms with Crippen LogP contribution in [-0.4, -0.2) is 22.4 Å². The summed E-state index contributed by atoms with van der Waals surface area (Å²) in [6.45, 7) is 1.11. The molecule has 0 amide bonds. The molecule has 0 aromatic heterocycles. The molecule has 8 heteroatoms. The monoisotopic (exact) mass is 309 g/mol. The molecule has 0 radical (unpaired) electrons. The van der Waals surface area contributed by atoms with Crippen LogP contribution in [0, 0.1) is 5.82 Å². The Bertz CT molecular complexity index is 590. The third kappa shape index (κ3) is 5.10. The second kappa shape index (κ2) is 5.71. The van der Waals surface area contributed by atoms with Crippen LogP contribution in [-0.2, 0) is 15.5 Å². The Labute approximate surface area is 116 Å². The predicted octanol–water partition coefficient (Wildman–Crippen LogP) is 2.00. The Morgan fingerprint density at radius 1 is 1.30 bits per heavy atom. The lowest BCUT2D eigenvalue weighted by molar-refractivity contribution is 0.0330. The highest BCUT2D eigenvalue weighted by molar-refractivity contribution is 7.91. The van der Waals surface area contributed by atoms with Gasteiger partial charge in [-0.1, -0.05) is 18.2 Å². The van der Waals surface area contributed by atoms with Crippen LogP contribution in [0.4, 0.5) is 13.2 Å². The van der Waals surface area contributed by atoms with Gasteiger partial charge in [-0.25, -0.2) is 26.9 Å². The van der Waals surface area contributed by atoms with Crippen molar-refractivity contribution < 1.29 is 17.4 Å². The van der Waals surface area contributed by atoms with Crippen molar-refractivity contribution in [1.82, 2.24) is 0 Å². The predicted molar refractivity (Wildman–Crippen MR) is 73.1 cm³/mol. The van der Waals surface area contributed by atoms with Crippen LogP contribution in [0.1, 0.15) is 19.4 Å². The molecule has 4 nitrogen and oxygen atoms in total. The molecule has 4 N–H and O–H groups in total. The third-order valence-electron chi connectivity index (χ3n) is 2.56.